The molecule has 0 saturated carbocycles. The van der Waals surface area contributed by atoms with Gasteiger partial charge in [-0.05, 0) is 17.0 Å². The van der Waals surface area contributed by atoms with Crippen molar-refractivity contribution in [1.82, 2.24) is 0 Å². The second-order valence-electron chi connectivity index (χ2n) is 5.21. The van der Waals surface area contributed by atoms with Crippen molar-refractivity contribution in [2.24, 2.45) is 0 Å². The fraction of sp³-hybridized carbons (Fsp3) is 0.538. The molecule has 1 aromatic rings. The summed E-state index contributed by atoms with van der Waals surface area (Å²) in [6.07, 6.45) is 0. The second-order valence-corrected chi connectivity index (χ2v) is 5.21. The molecule has 0 bridgehead atoms. The van der Waals surface area contributed by atoms with Crippen LogP contribution in [0.25, 0.3) is 0 Å². The molecule has 1 heterocycles. The third-order valence-corrected chi connectivity index (χ3v) is 2.90. The number of hydrogen-bond acceptors (Lipinski definition) is 1. The number of ether oxygens (including phenoxy) is 1. The Balaban J connectivity index is 2.45. The van der Waals surface area contributed by atoms with E-state index in [0.29, 0.717) is 5.92 Å². The summed E-state index contributed by atoms with van der Waals surface area (Å²) in [7, 11) is 0. The number of hydrogen-bond donors (Lipinski definition) is 0. The first kappa shape index (κ1) is 9.57. The van der Waals surface area contributed by atoms with Gasteiger partial charge in [0.25, 0.3) is 0 Å². The van der Waals surface area contributed by atoms with Gasteiger partial charge >= 0.3 is 0 Å². The summed E-state index contributed by atoms with van der Waals surface area (Å²) in [5.74, 6) is 1.62. The summed E-state index contributed by atoms with van der Waals surface area (Å²) >= 11 is 0. The maximum absolute atomic E-state index is 5.58. The standard InChI is InChI=1S/C13H18O/c1-9-8-14-12-6-5-10(7-11(9)12)13(2,3)4/h5-7,9H,8H2,1-4H3. The van der Waals surface area contributed by atoms with Gasteiger partial charge in [0, 0.05) is 11.5 Å². The van der Waals surface area contributed by atoms with Gasteiger partial charge in [-0.15, -0.1) is 0 Å². The Kier molecular flexibility index (Phi) is 2.06. The van der Waals surface area contributed by atoms with Gasteiger partial charge in [-0.2, -0.15) is 0 Å². The van der Waals surface area contributed by atoms with Crippen molar-refractivity contribution in [2.75, 3.05) is 6.61 Å². The van der Waals surface area contributed by atoms with Gasteiger partial charge in [-0.1, -0.05) is 39.8 Å². The van der Waals surface area contributed by atoms with Gasteiger partial charge in [0.2, 0.25) is 0 Å². The lowest BCUT2D eigenvalue weighted by atomic mass is 9.85. The van der Waals surface area contributed by atoms with E-state index in [2.05, 4.69) is 45.9 Å². The van der Waals surface area contributed by atoms with Crippen molar-refractivity contribution in [2.45, 2.75) is 39.0 Å². The summed E-state index contributed by atoms with van der Waals surface area (Å²) < 4.78 is 5.58. The molecular weight excluding hydrogens is 172 g/mol. The molecule has 1 heteroatoms. The monoisotopic (exact) mass is 190 g/mol. The van der Waals surface area contributed by atoms with Crippen LogP contribution in [0.3, 0.4) is 0 Å². The minimum atomic E-state index is 0.233. The van der Waals surface area contributed by atoms with E-state index >= 15 is 0 Å². The normalized spacial score (nSPS) is 20.4. The first-order valence-corrected chi connectivity index (χ1v) is 5.26. The van der Waals surface area contributed by atoms with Crippen LogP contribution < -0.4 is 4.74 Å². The molecular formula is C13H18O. The molecule has 0 saturated heterocycles. The number of rotatable bonds is 0. The molecule has 1 aromatic carbocycles. The number of benzene rings is 1. The van der Waals surface area contributed by atoms with Crippen molar-refractivity contribution in [3.63, 3.8) is 0 Å². The fourth-order valence-corrected chi connectivity index (χ4v) is 1.84. The van der Waals surface area contributed by atoms with Crippen LogP contribution in [0.2, 0.25) is 0 Å². The Morgan fingerprint density at radius 2 is 2.00 bits per heavy atom. The first-order chi connectivity index (χ1) is 6.48. The molecule has 1 nitrogen and oxygen atoms in total. The lowest BCUT2D eigenvalue weighted by molar-refractivity contribution is 0.337. The van der Waals surface area contributed by atoms with Crippen LogP contribution in [0.15, 0.2) is 18.2 Å². The summed E-state index contributed by atoms with van der Waals surface area (Å²) in [5.41, 5.74) is 3.00. The van der Waals surface area contributed by atoms with Crippen molar-refractivity contribution in [3.05, 3.63) is 29.3 Å². The minimum Gasteiger partial charge on any atom is -0.493 e. The zero-order valence-corrected chi connectivity index (χ0v) is 9.42. The van der Waals surface area contributed by atoms with Crippen LogP contribution >= 0.6 is 0 Å². The molecule has 0 aromatic heterocycles. The van der Waals surface area contributed by atoms with E-state index in [4.69, 9.17) is 4.74 Å². The SMILES string of the molecule is CC1COc2ccc(C(C)(C)C)cc21. The van der Waals surface area contributed by atoms with Crippen LogP contribution in [-0.2, 0) is 5.41 Å². The van der Waals surface area contributed by atoms with E-state index in [9.17, 15) is 0 Å². The maximum Gasteiger partial charge on any atom is 0.122 e. The Hall–Kier alpha value is -0.980. The topological polar surface area (TPSA) is 9.23 Å². The molecule has 1 unspecified atom stereocenters. The zero-order chi connectivity index (χ0) is 10.3. The molecule has 0 aliphatic carbocycles. The summed E-state index contributed by atoms with van der Waals surface area (Å²) in [5, 5.41) is 0. The van der Waals surface area contributed by atoms with Crippen LogP contribution in [-0.4, -0.2) is 6.61 Å². The minimum absolute atomic E-state index is 0.233. The quantitative estimate of drug-likeness (QED) is 0.608. The maximum atomic E-state index is 5.58. The highest BCUT2D eigenvalue weighted by Crippen LogP contribution is 2.36. The highest BCUT2D eigenvalue weighted by molar-refractivity contribution is 5.44. The van der Waals surface area contributed by atoms with Crippen molar-refractivity contribution in [1.29, 1.82) is 0 Å². The predicted molar refractivity (Wildman–Crippen MR) is 59.1 cm³/mol. The van der Waals surface area contributed by atoms with Gasteiger partial charge < -0.3 is 4.74 Å². The van der Waals surface area contributed by atoms with Crippen LogP contribution in [0, 0.1) is 0 Å². The third-order valence-electron chi connectivity index (χ3n) is 2.90. The van der Waals surface area contributed by atoms with E-state index < -0.39 is 0 Å². The van der Waals surface area contributed by atoms with E-state index in [1.54, 1.807) is 0 Å². The molecule has 1 atom stereocenters. The van der Waals surface area contributed by atoms with Crippen molar-refractivity contribution >= 4 is 0 Å². The Morgan fingerprint density at radius 1 is 1.29 bits per heavy atom. The van der Waals surface area contributed by atoms with E-state index in [-0.39, 0.29) is 5.41 Å². The fourth-order valence-electron chi connectivity index (χ4n) is 1.84. The molecule has 0 N–H and O–H groups in total. The Labute approximate surface area is 86.1 Å². The zero-order valence-electron chi connectivity index (χ0n) is 9.42. The van der Waals surface area contributed by atoms with Crippen molar-refractivity contribution < 1.29 is 4.74 Å². The molecule has 0 spiro atoms. The molecule has 14 heavy (non-hydrogen) atoms. The molecule has 0 radical (unpaired) electrons. The lowest BCUT2D eigenvalue weighted by Gasteiger charge is -2.19. The van der Waals surface area contributed by atoms with Crippen LogP contribution in [0.5, 0.6) is 5.75 Å². The summed E-state index contributed by atoms with van der Waals surface area (Å²) in [6, 6.07) is 6.59. The highest BCUT2D eigenvalue weighted by atomic mass is 16.5. The first-order valence-electron chi connectivity index (χ1n) is 5.26. The Morgan fingerprint density at radius 3 is 2.64 bits per heavy atom. The predicted octanol–water partition coefficient (Wildman–Crippen LogP) is 3.48. The smallest absolute Gasteiger partial charge is 0.122 e. The third kappa shape index (κ3) is 1.52. The average Bonchev–Trinajstić information content (AvgIpc) is 2.46. The van der Waals surface area contributed by atoms with Gasteiger partial charge in [-0.3, -0.25) is 0 Å². The lowest BCUT2D eigenvalue weighted by Crippen LogP contribution is -2.11. The van der Waals surface area contributed by atoms with E-state index in [0.717, 1.165) is 12.4 Å². The summed E-state index contributed by atoms with van der Waals surface area (Å²) in [4.78, 5) is 0. The van der Waals surface area contributed by atoms with Gasteiger partial charge in [0.15, 0.2) is 0 Å². The second kappa shape index (κ2) is 3.01. The molecule has 1 aliphatic heterocycles. The Bertz CT molecular complexity index is 347. The number of fused-ring (bicyclic) bond motifs is 1. The van der Waals surface area contributed by atoms with Gasteiger partial charge in [0.05, 0.1) is 6.61 Å². The largest absolute Gasteiger partial charge is 0.493 e. The molecule has 76 valence electrons. The molecule has 1 aliphatic rings. The van der Waals surface area contributed by atoms with Gasteiger partial charge in [-0.25, -0.2) is 0 Å². The average molecular weight is 190 g/mol. The summed E-state index contributed by atoms with van der Waals surface area (Å²) in [6.45, 7) is 9.79. The molecule has 0 fully saturated rings. The van der Waals surface area contributed by atoms with E-state index in [1.165, 1.54) is 11.1 Å². The molecule has 0 amide bonds. The molecule has 2 rings (SSSR count). The van der Waals surface area contributed by atoms with Crippen molar-refractivity contribution in [3.8, 4) is 5.75 Å². The van der Waals surface area contributed by atoms with E-state index in [1.807, 2.05) is 0 Å². The van der Waals surface area contributed by atoms with Crippen LogP contribution in [0.1, 0.15) is 44.7 Å². The highest BCUT2D eigenvalue weighted by Gasteiger charge is 2.23. The van der Waals surface area contributed by atoms with Crippen LogP contribution in [0.4, 0.5) is 0 Å². The van der Waals surface area contributed by atoms with Gasteiger partial charge in [0.1, 0.15) is 5.75 Å².